The van der Waals surface area contributed by atoms with Crippen LogP contribution in [0.2, 0.25) is 0 Å². The highest BCUT2D eigenvalue weighted by Crippen LogP contribution is 2.43. The van der Waals surface area contributed by atoms with Gasteiger partial charge in [0.25, 0.3) is 0 Å². The standard InChI is InChI=1S/C82H48N6/c1-5-55-23-25-59-31-37-67(69-39-33-57(7-1)77(55)79(59)69)75-47-73(53-19-11-51(12-20-53)63-35-41-71-65(45-63)9-3-43-83-71)85-81(87-75)61-27-15-49(16-28-61)50-17-29-62(30-18-50)82-86-74(54-21-13-52(14-22-54)64-36-42-72-66(46-64)10-4-44-84-72)48-76(88-82)68-38-32-60-26-24-56-6-2-8-58-34-40-70(68)80(60)78(56)58/h1-48H. The highest BCUT2D eigenvalue weighted by molar-refractivity contribution is 6.26. The van der Waals surface area contributed by atoms with Gasteiger partial charge in [0.2, 0.25) is 0 Å². The second kappa shape index (κ2) is 19.9. The third kappa shape index (κ3) is 8.33. The molecule has 88 heavy (non-hydrogen) atoms. The Morgan fingerprint density at radius 1 is 0.193 bits per heavy atom. The zero-order chi connectivity index (χ0) is 57.8. The molecule has 0 unspecified atom stereocenters. The number of hydrogen-bond donors (Lipinski definition) is 0. The molecule has 0 N–H and O–H groups in total. The Labute approximate surface area is 506 Å². The Kier molecular flexibility index (Phi) is 11.2. The van der Waals surface area contributed by atoms with Gasteiger partial charge < -0.3 is 0 Å². The molecule has 0 aliphatic heterocycles. The maximum absolute atomic E-state index is 5.41. The molecular formula is C82H48N6. The van der Waals surface area contributed by atoms with Crippen LogP contribution in [0, 0.1) is 0 Å². The van der Waals surface area contributed by atoms with Crippen LogP contribution < -0.4 is 0 Å². The predicted molar refractivity (Wildman–Crippen MR) is 365 cm³/mol. The maximum atomic E-state index is 5.41. The molecule has 0 saturated heterocycles. The first kappa shape index (κ1) is 49.6. The van der Waals surface area contributed by atoms with Crippen LogP contribution >= 0.6 is 0 Å². The van der Waals surface area contributed by atoms with Crippen LogP contribution in [0.3, 0.4) is 0 Å². The molecule has 0 aliphatic carbocycles. The Bertz CT molecular complexity index is 5390. The maximum Gasteiger partial charge on any atom is 0.160 e. The lowest BCUT2D eigenvalue weighted by Gasteiger charge is -2.15. The largest absolute Gasteiger partial charge is 0.256 e. The van der Waals surface area contributed by atoms with E-state index in [9.17, 15) is 0 Å². The SMILES string of the molecule is c1cnc2ccc(-c3ccc(-c4cc(-c5ccc6ccc7cccc8ccc5c6c78)nc(-c5ccc(-c6ccc(-c7nc(-c8ccc(-c9ccc%10ncccc%10c9)cc8)cc(-c8ccc9ccc%10cccc%11ccc8c9c%10%11)n7)cc6)cc5)n4)cc3)cc2c1. The number of aromatic nitrogens is 6. The third-order valence-electron chi connectivity index (χ3n) is 17.9. The number of benzene rings is 14. The number of pyridine rings is 2. The molecule has 0 atom stereocenters. The minimum Gasteiger partial charge on any atom is -0.256 e. The summed E-state index contributed by atoms with van der Waals surface area (Å²) in [6.07, 6.45) is 3.68. The number of nitrogens with zero attached hydrogens (tertiary/aromatic N) is 6. The fraction of sp³-hybridized carbons (Fsp3) is 0. The Morgan fingerprint density at radius 2 is 0.500 bits per heavy atom. The van der Waals surface area contributed by atoms with Gasteiger partial charge in [-0.05, 0) is 147 Å². The van der Waals surface area contributed by atoms with Crippen LogP contribution in [0.15, 0.2) is 291 Å². The predicted octanol–water partition coefficient (Wildman–Crippen LogP) is 21.2. The molecule has 0 bridgehead atoms. The van der Waals surface area contributed by atoms with Crippen LogP contribution in [0.5, 0.6) is 0 Å². The Balaban J connectivity index is 0.710. The molecule has 6 nitrogen and oxygen atoms in total. The molecule has 406 valence electrons. The normalized spacial score (nSPS) is 11.9. The summed E-state index contributed by atoms with van der Waals surface area (Å²) in [4.78, 5) is 30.6. The highest BCUT2D eigenvalue weighted by atomic mass is 14.9. The summed E-state index contributed by atoms with van der Waals surface area (Å²) in [5.74, 6) is 1.31. The fourth-order valence-corrected chi connectivity index (χ4v) is 13.4. The smallest absolute Gasteiger partial charge is 0.160 e. The van der Waals surface area contributed by atoms with E-state index in [0.717, 1.165) is 111 Å². The van der Waals surface area contributed by atoms with Crippen LogP contribution in [0.4, 0.5) is 0 Å². The van der Waals surface area contributed by atoms with Gasteiger partial charge in [-0.15, -0.1) is 0 Å². The van der Waals surface area contributed by atoms with Crippen molar-refractivity contribution in [3.05, 3.63) is 291 Å². The molecule has 14 aromatic carbocycles. The highest BCUT2D eigenvalue weighted by Gasteiger charge is 2.20. The number of hydrogen-bond acceptors (Lipinski definition) is 6. The molecule has 18 aromatic rings. The van der Waals surface area contributed by atoms with Gasteiger partial charge in [0.1, 0.15) is 0 Å². The lowest BCUT2D eigenvalue weighted by Crippen LogP contribution is -1.97. The first-order valence-corrected chi connectivity index (χ1v) is 29.8. The lowest BCUT2D eigenvalue weighted by atomic mass is 9.91. The zero-order valence-electron chi connectivity index (χ0n) is 47.4. The summed E-state index contributed by atoms with van der Waals surface area (Å²) >= 11 is 0. The van der Waals surface area contributed by atoms with E-state index in [0.29, 0.717) is 11.6 Å². The van der Waals surface area contributed by atoms with Crippen molar-refractivity contribution >= 4 is 86.4 Å². The van der Waals surface area contributed by atoms with Gasteiger partial charge in [-0.3, -0.25) is 9.97 Å². The van der Waals surface area contributed by atoms with Crippen molar-refractivity contribution < 1.29 is 0 Å². The van der Waals surface area contributed by atoms with Gasteiger partial charge in [0.05, 0.1) is 33.8 Å². The zero-order valence-corrected chi connectivity index (χ0v) is 47.4. The van der Waals surface area contributed by atoms with Crippen LogP contribution in [0.25, 0.3) is 188 Å². The second-order valence-corrected chi connectivity index (χ2v) is 23.0. The molecule has 0 amide bonds. The van der Waals surface area contributed by atoms with Gasteiger partial charge >= 0.3 is 0 Å². The van der Waals surface area contributed by atoms with Crippen molar-refractivity contribution in [2.24, 2.45) is 0 Å². The van der Waals surface area contributed by atoms with E-state index in [1.165, 1.54) is 64.6 Å². The first-order valence-electron chi connectivity index (χ1n) is 29.8. The molecule has 4 aromatic heterocycles. The van der Waals surface area contributed by atoms with E-state index in [4.69, 9.17) is 19.9 Å². The van der Waals surface area contributed by atoms with Gasteiger partial charge in [-0.1, -0.05) is 231 Å². The van der Waals surface area contributed by atoms with Gasteiger partial charge in [-0.25, -0.2) is 19.9 Å². The number of fused-ring (bicyclic) bond motifs is 2. The summed E-state index contributed by atoms with van der Waals surface area (Å²) < 4.78 is 0. The van der Waals surface area contributed by atoms with E-state index < -0.39 is 0 Å². The summed E-state index contributed by atoms with van der Waals surface area (Å²) in [6.45, 7) is 0. The van der Waals surface area contributed by atoms with Crippen molar-refractivity contribution in [3.8, 4) is 101 Å². The lowest BCUT2D eigenvalue weighted by molar-refractivity contribution is 1.18. The Hall–Kier alpha value is -11.9. The van der Waals surface area contributed by atoms with Crippen molar-refractivity contribution in [1.29, 1.82) is 0 Å². The van der Waals surface area contributed by atoms with Crippen LogP contribution in [-0.4, -0.2) is 29.9 Å². The molecule has 0 fully saturated rings. The minimum atomic E-state index is 0.657. The van der Waals surface area contributed by atoms with E-state index in [1.807, 2.05) is 24.5 Å². The minimum absolute atomic E-state index is 0.657. The second-order valence-electron chi connectivity index (χ2n) is 23.0. The molecule has 18 rings (SSSR count). The molecule has 4 heterocycles. The molecular weight excluding hydrogens is 1070 g/mol. The van der Waals surface area contributed by atoms with E-state index in [-0.39, 0.29) is 0 Å². The van der Waals surface area contributed by atoms with Gasteiger partial charge in [-0.2, -0.15) is 0 Å². The molecule has 0 radical (unpaired) electrons. The number of rotatable bonds is 9. The Morgan fingerprint density at radius 3 is 0.909 bits per heavy atom. The first-order chi connectivity index (χ1) is 43.5. The molecule has 0 aliphatic rings. The van der Waals surface area contributed by atoms with Crippen molar-refractivity contribution in [1.82, 2.24) is 29.9 Å². The summed E-state index contributed by atoms with van der Waals surface area (Å²) in [7, 11) is 0. The third-order valence-corrected chi connectivity index (χ3v) is 17.9. The summed E-state index contributed by atoms with van der Waals surface area (Å²) in [6, 6.07) is 100. The van der Waals surface area contributed by atoms with Crippen LogP contribution in [0.1, 0.15) is 0 Å². The fourth-order valence-electron chi connectivity index (χ4n) is 13.4. The molecule has 0 saturated carbocycles. The van der Waals surface area contributed by atoms with Crippen molar-refractivity contribution in [2.45, 2.75) is 0 Å². The average molecular weight is 1120 g/mol. The summed E-state index contributed by atoms with van der Waals surface area (Å²) in [5, 5.41) is 17.0. The van der Waals surface area contributed by atoms with Crippen LogP contribution in [-0.2, 0) is 0 Å². The van der Waals surface area contributed by atoms with E-state index in [1.54, 1.807) is 0 Å². The molecule has 0 spiro atoms. The quantitative estimate of drug-likeness (QED) is 0.134. The summed E-state index contributed by atoms with van der Waals surface area (Å²) in [5.41, 5.74) is 18.1. The van der Waals surface area contributed by atoms with Crippen molar-refractivity contribution in [3.63, 3.8) is 0 Å². The van der Waals surface area contributed by atoms with Gasteiger partial charge in [0, 0.05) is 56.5 Å². The van der Waals surface area contributed by atoms with Gasteiger partial charge in [0.15, 0.2) is 11.6 Å². The average Bonchev–Trinajstić information content (AvgIpc) is 2.11. The monoisotopic (exact) mass is 1120 g/mol. The van der Waals surface area contributed by atoms with E-state index in [2.05, 4.69) is 277 Å². The topological polar surface area (TPSA) is 77.3 Å². The van der Waals surface area contributed by atoms with E-state index >= 15 is 0 Å². The molecule has 6 heteroatoms. The van der Waals surface area contributed by atoms with Crippen molar-refractivity contribution in [2.75, 3.05) is 0 Å².